The van der Waals surface area contributed by atoms with E-state index in [1.165, 1.54) is 5.56 Å². The van der Waals surface area contributed by atoms with Gasteiger partial charge < -0.3 is 20.3 Å². The molecular formula is C12H23IN4O2. The number of nitrogens with zero attached hydrogens (tertiary/aromatic N) is 2. The van der Waals surface area contributed by atoms with Crippen LogP contribution in [0.4, 0.5) is 0 Å². The Kier molecular flexibility index (Phi) is 9.58. The number of aliphatic imine (C=N–C) groups is 1. The smallest absolute Gasteiger partial charge is 0.188 e. The first-order chi connectivity index (χ1) is 8.65. The zero-order valence-electron chi connectivity index (χ0n) is 11.7. The molecule has 0 spiro atoms. The number of nitrogens with one attached hydrogen (secondary N) is 1. The van der Waals surface area contributed by atoms with Crippen molar-refractivity contribution in [2.24, 2.45) is 10.7 Å². The van der Waals surface area contributed by atoms with E-state index in [-0.39, 0.29) is 24.0 Å². The van der Waals surface area contributed by atoms with Crippen molar-refractivity contribution in [2.75, 3.05) is 26.8 Å². The van der Waals surface area contributed by atoms with Crippen LogP contribution in [0.25, 0.3) is 0 Å². The van der Waals surface area contributed by atoms with E-state index < -0.39 is 0 Å². The fraction of sp³-hybridized carbons (Fsp3) is 0.667. The van der Waals surface area contributed by atoms with Gasteiger partial charge in [0.1, 0.15) is 5.76 Å². The van der Waals surface area contributed by atoms with Crippen LogP contribution in [-0.4, -0.2) is 37.9 Å². The molecule has 1 aromatic heterocycles. The molecule has 0 atom stereocenters. The number of rotatable bonds is 7. The lowest BCUT2D eigenvalue weighted by atomic mass is 10.1. The molecule has 0 saturated carbocycles. The lowest BCUT2D eigenvalue weighted by Crippen LogP contribution is -2.34. The Morgan fingerprint density at radius 1 is 1.47 bits per heavy atom. The third kappa shape index (κ3) is 6.76. The molecule has 0 aromatic carbocycles. The van der Waals surface area contributed by atoms with E-state index in [1.807, 2.05) is 13.8 Å². The molecule has 7 heteroatoms. The van der Waals surface area contributed by atoms with Crippen LogP contribution in [0.2, 0.25) is 0 Å². The van der Waals surface area contributed by atoms with Gasteiger partial charge in [-0.3, -0.25) is 4.99 Å². The first kappa shape index (κ1) is 18.2. The molecule has 0 saturated heterocycles. The Hall–Kier alpha value is -0.830. The van der Waals surface area contributed by atoms with Gasteiger partial charge in [0.05, 0.1) is 12.3 Å². The predicted molar refractivity (Wildman–Crippen MR) is 86.1 cm³/mol. The van der Waals surface area contributed by atoms with Crippen LogP contribution < -0.4 is 11.1 Å². The van der Waals surface area contributed by atoms with Crippen LogP contribution in [0.5, 0.6) is 0 Å². The summed E-state index contributed by atoms with van der Waals surface area (Å²) in [5.41, 5.74) is 7.82. The molecule has 0 aliphatic heterocycles. The molecule has 0 bridgehead atoms. The highest BCUT2D eigenvalue weighted by Crippen LogP contribution is 2.13. The van der Waals surface area contributed by atoms with E-state index in [2.05, 4.69) is 15.5 Å². The van der Waals surface area contributed by atoms with Gasteiger partial charge in [-0.05, 0) is 26.7 Å². The van der Waals surface area contributed by atoms with E-state index in [0.29, 0.717) is 25.7 Å². The van der Waals surface area contributed by atoms with Gasteiger partial charge >= 0.3 is 0 Å². The number of aromatic nitrogens is 1. The second-order valence-electron chi connectivity index (χ2n) is 4.09. The van der Waals surface area contributed by atoms with Crippen molar-refractivity contribution in [3.8, 4) is 0 Å². The molecule has 1 heterocycles. The van der Waals surface area contributed by atoms with Crippen molar-refractivity contribution in [1.29, 1.82) is 0 Å². The molecule has 1 rings (SSSR count). The van der Waals surface area contributed by atoms with Crippen molar-refractivity contribution in [3.05, 3.63) is 17.0 Å². The van der Waals surface area contributed by atoms with Crippen LogP contribution in [0, 0.1) is 13.8 Å². The number of ether oxygens (including phenoxy) is 1. The average molecular weight is 382 g/mol. The highest BCUT2D eigenvalue weighted by atomic mass is 127. The normalized spacial score (nSPS) is 11.2. The maximum atomic E-state index is 5.69. The van der Waals surface area contributed by atoms with Gasteiger partial charge in [-0.25, -0.2) is 0 Å². The first-order valence-corrected chi connectivity index (χ1v) is 6.09. The highest BCUT2D eigenvalue weighted by Gasteiger charge is 2.07. The SMILES string of the molecule is COCCNC(N)=NCCCc1c(C)noc1C.I. The summed E-state index contributed by atoms with van der Waals surface area (Å²) in [6, 6.07) is 0. The number of hydrogen-bond acceptors (Lipinski definition) is 4. The van der Waals surface area contributed by atoms with E-state index in [4.69, 9.17) is 15.0 Å². The molecular weight excluding hydrogens is 359 g/mol. The molecule has 19 heavy (non-hydrogen) atoms. The number of hydrogen-bond donors (Lipinski definition) is 2. The Morgan fingerprint density at radius 2 is 2.21 bits per heavy atom. The van der Waals surface area contributed by atoms with Gasteiger partial charge in [-0.1, -0.05) is 5.16 Å². The summed E-state index contributed by atoms with van der Waals surface area (Å²) in [5.74, 6) is 1.36. The summed E-state index contributed by atoms with van der Waals surface area (Å²) >= 11 is 0. The summed E-state index contributed by atoms with van der Waals surface area (Å²) in [5, 5.41) is 6.89. The van der Waals surface area contributed by atoms with Gasteiger partial charge in [0, 0.05) is 25.8 Å². The van der Waals surface area contributed by atoms with E-state index in [0.717, 1.165) is 24.3 Å². The van der Waals surface area contributed by atoms with Gasteiger partial charge in [-0.2, -0.15) is 0 Å². The van der Waals surface area contributed by atoms with Crippen LogP contribution in [0.15, 0.2) is 9.52 Å². The lowest BCUT2D eigenvalue weighted by Gasteiger charge is -2.04. The topological polar surface area (TPSA) is 85.7 Å². The number of methoxy groups -OCH3 is 1. The number of halogens is 1. The standard InChI is InChI=1S/C12H22N4O2.HI/c1-9-11(10(2)18-16-9)5-4-6-14-12(13)15-7-8-17-3;/h4-8H2,1-3H3,(H3,13,14,15);1H. The highest BCUT2D eigenvalue weighted by molar-refractivity contribution is 14.0. The summed E-state index contributed by atoms with van der Waals surface area (Å²) in [6.07, 6.45) is 1.84. The predicted octanol–water partition coefficient (Wildman–Crippen LogP) is 1.39. The van der Waals surface area contributed by atoms with E-state index >= 15 is 0 Å². The first-order valence-electron chi connectivity index (χ1n) is 6.09. The van der Waals surface area contributed by atoms with Crippen LogP contribution in [0.1, 0.15) is 23.4 Å². The van der Waals surface area contributed by atoms with Crippen molar-refractivity contribution >= 4 is 29.9 Å². The second-order valence-corrected chi connectivity index (χ2v) is 4.09. The van der Waals surface area contributed by atoms with Crippen molar-refractivity contribution < 1.29 is 9.26 Å². The summed E-state index contributed by atoms with van der Waals surface area (Å²) in [6.45, 7) is 5.87. The minimum Gasteiger partial charge on any atom is -0.383 e. The monoisotopic (exact) mass is 382 g/mol. The average Bonchev–Trinajstić information content (AvgIpc) is 2.66. The molecule has 0 aliphatic carbocycles. The fourth-order valence-electron chi connectivity index (χ4n) is 1.65. The van der Waals surface area contributed by atoms with Gasteiger partial charge in [0.15, 0.2) is 5.96 Å². The maximum absolute atomic E-state index is 5.69. The van der Waals surface area contributed by atoms with E-state index in [9.17, 15) is 0 Å². The van der Waals surface area contributed by atoms with E-state index in [1.54, 1.807) is 7.11 Å². The largest absolute Gasteiger partial charge is 0.383 e. The number of guanidine groups is 1. The molecule has 6 nitrogen and oxygen atoms in total. The molecule has 0 fully saturated rings. The minimum absolute atomic E-state index is 0. The van der Waals surface area contributed by atoms with Gasteiger partial charge in [-0.15, -0.1) is 24.0 Å². The molecule has 3 N–H and O–H groups in total. The molecule has 0 radical (unpaired) electrons. The van der Waals surface area contributed by atoms with Crippen molar-refractivity contribution in [1.82, 2.24) is 10.5 Å². The molecule has 0 aliphatic rings. The minimum atomic E-state index is 0. The second kappa shape index (κ2) is 10.0. The zero-order valence-corrected chi connectivity index (χ0v) is 14.1. The van der Waals surface area contributed by atoms with Crippen molar-refractivity contribution in [2.45, 2.75) is 26.7 Å². The van der Waals surface area contributed by atoms with Gasteiger partial charge in [0.2, 0.25) is 0 Å². The fourth-order valence-corrected chi connectivity index (χ4v) is 1.65. The van der Waals surface area contributed by atoms with Gasteiger partial charge in [0.25, 0.3) is 0 Å². The number of nitrogens with two attached hydrogens (primary N) is 1. The Balaban J connectivity index is 0.00000324. The summed E-state index contributed by atoms with van der Waals surface area (Å²) < 4.78 is 10.0. The molecule has 0 amide bonds. The third-order valence-corrected chi connectivity index (χ3v) is 2.66. The Bertz CT molecular complexity index is 374. The molecule has 0 unspecified atom stereocenters. The Labute approximate surface area is 131 Å². The van der Waals surface area contributed by atoms with Crippen molar-refractivity contribution in [3.63, 3.8) is 0 Å². The maximum Gasteiger partial charge on any atom is 0.188 e. The summed E-state index contributed by atoms with van der Waals surface area (Å²) in [7, 11) is 1.65. The lowest BCUT2D eigenvalue weighted by molar-refractivity contribution is 0.204. The third-order valence-electron chi connectivity index (χ3n) is 2.66. The number of aryl methyl sites for hydroxylation is 2. The quantitative estimate of drug-likeness (QED) is 0.322. The molecule has 1 aromatic rings. The Morgan fingerprint density at radius 3 is 2.79 bits per heavy atom. The van der Waals surface area contributed by atoms with Crippen LogP contribution >= 0.6 is 24.0 Å². The molecule has 110 valence electrons. The summed E-state index contributed by atoms with van der Waals surface area (Å²) in [4.78, 5) is 4.23. The van der Waals surface area contributed by atoms with Crippen LogP contribution in [-0.2, 0) is 11.2 Å². The van der Waals surface area contributed by atoms with Crippen LogP contribution in [0.3, 0.4) is 0 Å². The zero-order chi connectivity index (χ0) is 13.4.